The maximum Gasteiger partial charge on any atom is 0.278 e. The first kappa shape index (κ1) is 20.6. The molecule has 33 heavy (non-hydrogen) atoms. The number of fused-ring (bicyclic) bond motifs is 1. The third-order valence-corrected chi connectivity index (χ3v) is 5.50. The highest BCUT2D eigenvalue weighted by molar-refractivity contribution is 6.02. The summed E-state index contributed by atoms with van der Waals surface area (Å²) in [6, 6.07) is 11.7. The first-order valence-electron chi connectivity index (χ1n) is 10.7. The molecule has 0 fully saturated rings. The average molecular weight is 441 g/mol. The molecule has 0 saturated heterocycles. The average Bonchev–Trinajstić information content (AvgIpc) is 3.53. The van der Waals surface area contributed by atoms with Crippen LogP contribution in [-0.2, 0) is 13.1 Å². The zero-order valence-electron chi connectivity index (χ0n) is 18.6. The van der Waals surface area contributed by atoms with Gasteiger partial charge in [-0.1, -0.05) is 29.8 Å². The number of carbonyl (C=O) groups excluding carboxylic acids is 1. The van der Waals surface area contributed by atoms with Gasteiger partial charge in [0, 0.05) is 30.1 Å². The topological polar surface area (TPSA) is 108 Å². The van der Waals surface area contributed by atoms with Gasteiger partial charge in [-0.3, -0.25) is 14.8 Å². The summed E-state index contributed by atoms with van der Waals surface area (Å²) in [5.74, 6) is -0.182. The molecule has 10 nitrogen and oxygen atoms in total. The van der Waals surface area contributed by atoms with E-state index >= 15 is 0 Å². The number of amides is 1. The number of rotatable bonds is 6. The Kier molecular flexibility index (Phi) is 5.17. The molecule has 1 aromatic carbocycles. The van der Waals surface area contributed by atoms with Gasteiger partial charge in [0.15, 0.2) is 11.3 Å². The lowest BCUT2D eigenvalue weighted by Crippen LogP contribution is -2.14. The van der Waals surface area contributed by atoms with Crippen LogP contribution in [0.1, 0.15) is 34.2 Å². The maximum absolute atomic E-state index is 12.8. The maximum atomic E-state index is 12.8. The minimum Gasteiger partial charge on any atom is -0.288 e. The molecule has 0 spiro atoms. The largest absolute Gasteiger partial charge is 0.288 e. The van der Waals surface area contributed by atoms with Crippen LogP contribution in [0.4, 0.5) is 5.95 Å². The fourth-order valence-corrected chi connectivity index (χ4v) is 3.70. The third kappa shape index (κ3) is 3.98. The quantitative estimate of drug-likeness (QED) is 0.434. The van der Waals surface area contributed by atoms with E-state index in [2.05, 4.69) is 42.7 Å². The van der Waals surface area contributed by atoms with E-state index in [1.807, 2.05) is 43.7 Å². The van der Waals surface area contributed by atoms with Gasteiger partial charge in [-0.2, -0.15) is 10.2 Å². The van der Waals surface area contributed by atoms with Crippen LogP contribution >= 0.6 is 0 Å². The molecule has 0 aliphatic carbocycles. The molecule has 0 atom stereocenters. The van der Waals surface area contributed by atoms with Gasteiger partial charge in [0.2, 0.25) is 5.95 Å². The molecule has 0 saturated carbocycles. The Morgan fingerprint density at radius 2 is 1.88 bits per heavy atom. The molecule has 0 bridgehead atoms. The first-order valence-corrected chi connectivity index (χ1v) is 10.7. The van der Waals surface area contributed by atoms with Crippen molar-refractivity contribution >= 4 is 17.5 Å². The summed E-state index contributed by atoms with van der Waals surface area (Å²) in [5.41, 5.74) is 5.88. The van der Waals surface area contributed by atoms with Crippen molar-refractivity contribution in [1.29, 1.82) is 0 Å². The summed E-state index contributed by atoms with van der Waals surface area (Å²) in [7, 11) is 0. The van der Waals surface area contributed by atoms with E-state index in [1.165, 1.54) is 5.56 Å². The fourth-order valence-electron chi connectivity index (χ4n) is 3.70. The number of anilines is 1. The molecule has 4 heterocycles. The van der Waals surface area contributed by atoms with Crippen LogP contribution in [0.3, 0.4) is 0 Å². The molecular weight excluding hydrogens is 418 g/mol. The van der Waals surface area contributed by atoms with E-state index in [4.69, 9.17) is 0 Å². The molecule has 166 valence electrons. The normalized spacial score (nSPS) is 11.2. The number of nitrogens with one attached hydrogen (secondary N) is 1. The summed E-state index contributed by atoms with van der Waals surface area (Å²) in [5, 5.41) is 16.0. The summed E-state index contributed by atoms with van der Waals surface area (Å²) >= 11 is 0. The second-order valence-electron chi connectivity index (χ2n) is 7.79. The molecule has 10 heteroatoms. The highest BCUT2D eigenvalue weighted by atomic mass is 16.2. The van der Waals surface area contributed by atoms with Gasteiger partial charge in [-0.05, 0) is 32.4 Å². The van der Waals surface area contributed by atoms with Crippen molar-refractivity contribution in [2.75, 3.05) is 5.32 Å². The minimum atomic E-state index is -0.402. The summed E-state index contributed by atoms with van der Waals surface area (Å²) < 4.78 is 5.25. The lowest BCUT2D eigenvalue weighted by atomic mass is 10.1. The lowest BCUT2D eigenvalue weighted by Gasteiger charge is -2.04. The van der Waals surface area contributed by atoms with Crippen molar-refractivity contribution in [1.82, 2.24) is 39.1 Å². The Labute approximate surface area is 189 Å². The smallest absolute Gasteiger partial charge is 0.278 e. The van der Waals surface area contributed by atoms with Crippen molar-refractivity contribution < 1.29 is 4.79 Å². The number of hydrogen-bond donors (Lipinski definition) is 1. The summed E-state index contributed by atoms with van der Waals surface area (Å²) in [4.78, 5) is 21.4. The highest BCUT2D eigenvalue weighted by Gasteiger charge is 2.17. The van der Waals surface area contributed by atoms with Crippen LogP contribution in [0, 0.1) is 13.8 Å². The Hall–Kier alpha value is -4.34. The Morgan fingerprint density at radius 1 is 1.06 bits per heavy atom. The van der Waals surface area contributed by atoms with Crippen LogP contribution in [0.15, 0.2) is 55.1 Å². The molecule has 5 aromatic rings. The van der Waals surface area contributed by atoms with Gasteiger partial charge in [-0.25, -0.2) is 19.2 Å². The molecule has 4 aromatic heterocycles. The Bertz CT molecular complexity index is 1440. The minimum absolute atomic E-state index is 0.220. The number of benzene rings is 1. The van der Waals surface area contributed by atoms with Crippen molar-refractivity contribution in [3.63, 3.8) is 0 Å². The summed E-state index contributed by atoms with van der Waals surface area (Å²) in [6.07, 6.45) is 5.09. The van der Waals surface area contributed by atoms with Crippen molar-refractivity contribution in [3.8, 4) is 11.3 Å². The SMILES string of the molecule is CCn1ncc(-c2ccnc3cc(C(=O)Nc4ncn(Cc5ccc(C)cc5)n4)nn23)c1C. The molecule has 0 aliphatic rings. The third-order valence-electron chi connectivity index (χ3n) is 5.50. The van der Waals surface area contributed by atoms with Crippen molar-refractivity contribution in [2.24, 2.45) is 0 Å². The van der Waals surface area contributed by atoms with Gasteiger partial charge in [-0.15, -0.1) is 5.10 Å². The van der Waals surface area contributed by atoms with Gasteiger partial charge >= 0.3 is 0 Å². The molecular formula is C23H23N9O. The Balaban J connectivity index is 1.37. The Morgan fingerprint density at radius 3 is 2.64 bits per heavy atom. The molecule has 0 aliphatic heterocycles. The molecule has 5 rings (SSSR count). The van der Waals surface area contributed by atoms with Crippen molar-refractivity contribution in [2.45, 2.75) is 33.9 Å². The zero-order valence-corrected chi connectivity index (χ0v) is 18.6. The van der Waals surface area contributed by atoms with Gasteiger partial charge in [0.1, 0.15) is 6.33 Å². The predicted octanol–water partition coefficient (Wildman–Crippen LogP) is 3.12. The fraction of sp³-hybridized carbons (Fsp3) is 0.217. The van der Waals surface area contributed by atoms with E-state index in [-0.39, 0.29) is 11.6 Å². The standard InChI is InChI=1S/C23H23N9O/c1-4-31-16(3)18(12-26-31)20-9-10-24-21-11-19(28-32(20)21)22(33)27-23-25-14-30(29-23)13-17-7-5-15(2)6-8-17/h5-12,14H,4,13H2,1-3H3,(H,27,29,33). The van der Waals surface area contributed by atoms with Crippen LogP contribution in [-0.4, -0.2) is 45.1 Å². The van der Waals surface area contributed by atoms with Crippen LogP contribution in [0.5, 0.6) is 0 Å². The highest BCUT2D eigenvalue weighted by Crippen LogP contribution is 2.23. The number of hydrogen-bond acceptors (Lipinski definition) is 6. The molecule has 0 radical (unpaired) electrons. The second kappa shape index (κ2) is 8.30. The van der Waals surface area contributed by atoms with Crippen LogP contribution in [0.25, 0.3) is 16.9 Å². The van der Waals surface area contributed by atoms with E-state index < -0.39 is 5.91 Å². The predicted molar refractivity (Wildman–Crippen MR) is 123 cm³/mol. The monoisotopic (exact) mass is 441 g/mol. The summed E-state index contributed by atoms with van der Waals surface area (Å²) in [6.45, 7) is 7.43. The molecule has 1 N–H and O–H groups in total. The van der Waals surface area contributed by atoms with E-state index in [0.717, 1.165) is 29.1 Å². The number of aromatic nitrogens is 8. The second-order valence-corrected chi connectivity index (χ2v) is 7.79. The molecule has 0 unspecified atom stereocenters. The zero-order chi connectivity index (χ0) is 22.9. The molecule has 1 amide bonds. The van der Waals surface area contributed by atoms with E-state index in [1.54, 1.807) is 34.0 Å². The van der Waals surface area contributed by atoms with Gasteiger partial charge < -0.3 is 0 Å². The van der Waals surface area contributed by atoms with Gasteiger partial charge in [0.05, 0.1) is 18.4 Å². The van der Waals surface area contributed by atoms with Gasteiger partial charge in [0.25, 0.3) is 5.91 Å². The first-order chi connectivity index (χ1) is 16.0. The van der Waals surface area contributed by atoms with Crippen molar-refractivity contribution in [3.05, 3.63) is 77.6 Å². The number of aryl methyl sites for hydroxylation is 2. The number of carbonyl (C=O) groups is 1. The number of nitrogens with zero attached hydrogens (tertiary/aromatic N) is 8. The van der Waals surface area contributed by atoms with Crippen LogP contribution < -0.4 is 5.32 Å². The lowest BCUT2D eigenvalue weighted by molar-refractivity contribution is 0.102. The van der Waals surface area contributed by atoms with E-state index in [0.29, 0.717) is 12.2 Å². The van der Waals surface area contributed by atoms with E-state index in [9.17, 15) is 4.79 Å². The van der Waals surface area contributed by atoms with Crippen LogP contribution in [0.2, 0.25) is 0 Å².